The highest BCUT2D eigenvalue weighted by molar-refractivity contribution is 6.00. The van der Waals surface area contributed by atoms with Crippen molar-refractivity contribution in [1.29, 1.82) is 0 Å². The monoisotopic (exact) mass is 808 g/mol. The number of aromatic amines is 1. The summed E-state index contributed by atoms with van der Waals surface area (Å²) in [5, 5.41) is 20.0. The number of esters is 1. The summed E-state index contributed by atoms with van der Waals surface area (Å²) < 4.78 is 31.7. The van der Waals surface area contributed by atoms with Gasteiger partial charge in [-0.05, 0) is 79.0 Å². The predicted octanol–water partition coefficient (Wildman–Crippen LogP) is 5.23. The maximum Gasteiger partial charge on any atom is 0.431 e. The van der Waals surface area contributed by atoms with E-state index in [1.54, 1.807) is 24.2 Å². The van der Waals surface area contributed by atoms with Gasteiger partial charge < -0.3 is 38.7 Å². The summed E-state index contributed by atoms with van der Waals surface area (Å²) in [5.74, 6) is -2.97. The Kier molecular flexibility index (Phi) is 13.1. The second-order valence-corrected chi connectivity index (χ2v) is 17.5. The van der Waals surface area contributed by atoms with Crippen molar-refractivity contribution >= 4 is 23.6 Å². The van der Waals surface area contributed by atoms with E-state index in [0.29, 0.717) is 38.6 Å². The molecule has 0 saturated carbocycles. The van der Waals surface area contributed by atoms with Crippen LogP contribution in [-0.4, -0.2) is 135 Å². The third kappa shape index (κ3) is 8.29. The van der Waals surface area contributed by atoms with Gasteiger partial charge in [-0.15, -0.1) is 0 Å². The van der Waals surface area contributed by atoms with E-state index < -0.39 is 71.5 Å². The summed E-state index contributed by atoms with van der Waals surface area (Å²) in [7, 11) is 5.38. The maximum atomic E-state index is 14.4. The van der Waals surface area contributed by atoms with Crippen LogP contribution in [0.3, 0.4) is 0 Å². The molecule has 13 atom stereocenters. The molecule has 2 N–H and O–H groups in total. The van der Waals surface area contributed by atoms with Crippen LogP contribution < -0.4 is 0 Å². The van der Waals surface area contributed by atoms with E-state index in [9.17, 15) is 19.5 Å². The highest BCUT2D eigenvalue weighted by atomic mass is 16.7. The topological polar surface area (TPSA) is 168 Å². The number of aromatic nitrogens is 2. The number of benzene rings is 1. The number of imidazole rings is 1. The van der Waals surface area contributed by atoms with Crippen molar-refractivity contribution in [2.24, 2.45) is 28.8 Å². The fourth-order valence-electron chi connectivity index (χ4n) is 9.76. The number of H-pyrrole nitrogens is 1. The predicted molar refractivity (Wildman–Crippen MR) is 216 cm³/mol. The lowest BCUT2D eigenvalue weighted by atomic mass is 9.73. The van der Waals surface area contributed by atoms with Crippen LogP contribution in [0.4, 0.5) is 4.79 Å². The first kappa shape index (κ1) is 43.7. The number of aryl methyl sites for hydroxylation is 1. The number of aliphatic hydroxyl groups excluding tert-OH is 1. The van der Waals surface area contributed by atoms with Crippen molar-refractivity contribution in [1.82, 2.24) is 25.0 Å². The van der Waals surface area contributed by atoms with Crippen LogP contribution in [0.15, 0.2) is 41.6 Å². The van der Waals surface area contributed by atoms with Crippen LogP contribution >= 0.6 is 0 Å². The molecular formula is C43H64N6O9. The number of ether oxygens (including phenoxy) is 5. The van der Waals surface area contributed by atoms with Gasteiger partial charge in [0, 0.05) is 37.1 Å². The van der Waals surface area contributed by atoms with Crippen LogP contribution in [0.5, 0.6) is 0 Å². The van der Waals surface area contributed by atoms with E-state index in [1.807, 2.05) is 90.1 Å². The quantitative estimate of drug-likeness (QED) is 0.237. The Labute approximate surface area is 342 Å². The van der Waals surface area contributed by atoms with Crippen molar-refractivity contribution < 1.29 is 43.2 Å². The molecule has 1 aromatic heterocycles. The first-order valence-electron chi connectivity index (χ1n) is 20.9. The highest BCUT2D eigenvalue weighted by Crippen LogP contribution is 2.46. The van der Waals surface area contributed by atoms with E-state index >= 15 is 0 Å². The lowest BCUT2D eigenvalue weighted by Gasteiger charge is -2.49. The standard InChI is InChI=1S/C43H64N6O9/c1-12-32-43(8)37-26(4)34(46-48(49(37)41(53)58-43)20-16-19-33-44-23-30(45-33)29-17-14-13-15-18-29)24(2)22-42(7,54-11)38(27(5)35(50)28(6)39(52)56-32)57-40-36(51)31(47(9)10)21-25(3)55-40/h13-15,17-18,23-28,31-32,36-38,40,51H,12,16,19-22H2,1-11H3,(H,44,45)/t24-,25+,26-,27-,28+,31-,32-,36+,37-,38+,40-,42?,43-/m1/s1. The number of carbonyl (C=O) groups is 3. The number of likely N-dealkylation sites (N-methyl/N-ethyl adjacent to an activating group) is 1. The average Bonchev–Trinajstić information content (AvgIpc) is 3.78. The molecule has 0 aliphatic carbocycles. The number of ketones is 1. The number of amides is 1. The Hall–Kier alpha value is -3.89. The second kappa shape index (κ2) is 17.4. The molecule has 2 aromatic rings. The number of rotatable bonds is 10. The minimum absolute atomic E-state index is 0.228. The Bertz CT molecular complexity index is 1810. The van der Waals surface area contributed by atoms with Gasteiger partial charge in [0.05, 0.1) is 36.2 Å². The van der Waals surface area contributed by atoms with Gasteiger partial charge in [-0.3, -0.25) is 9.59 Å². The molecule has 6 rings (SSSR count). The van der Waals surface area contributed by atoms with Crippen LogP contribution in [0.1, 0.15) is 86.9 Å². The molecule has 1 amide bonds. The zero-order chi connectivity index (χ0) is 42.3. The second-order valence-electron chi connectivity index (χ2n) is 17.5. The molecule has 3 saturated heterocycles. The summed E-state index contributed by atoms with van der Waals surface area (Å²) >= 11 is 0. The molecule has 0 radical (unpaired) electrons. The van der Waals surface area contributed by atoms with E-state index in [4.69, 9.17) is 28.8 Å². The van der Waals surface area contributed by atoms with Gasteiger partial charge in [-0.2, -0.15) is 15.2 Å². The number of hydrazone groups is 1. The van der Waals surface area contributed by atoms with Crippen molar-refractivity contribution in [3.8, 4) is 11.3 Å². The molecule has 3 fully saturated rings. The lowest BCUT2D eigenvalue weighted by molar-refractivity contribution is -0.295. The number of Topliss-reactive ketones (excluding diaryl/α,β-unsaturated/α-hetero) is 1. The van der Waals surface area contributed by atoms with Crippen LogP contribution in [0, 0.1) is 23.7 Å². The Morgan fingerprint density at radius 3 is 2.41 bits per heavy atom. The van der Waals surface area contributed by atoms with Gasteiger partial charge in [0.2, 0.25) is 0 Å². The Morgan fingerprint density at radius 2 is 1.76 bits per heavy atom. The van der Waals surface area contributed by atoms with Crippen molar-refractivity contribution in [2.45, 2.75) is 141 Å². The average molecular weight is 809 g/mol. The van der Waals surface area contributed by atoms with E-state index in [1.165, 1.54) is 6.92 Å². The lowest BCUT2D eigenvalue weighted by Crippen LogP contribution is -2.63. The van der Waals surface area contributed by atoms with Crippen LogP contribution in [0.25, 0.3) is 11.3 Å². The summed E-state index contributed by atoms with van der Waals surface area (Å²) in [6.07, 6.45) is -0.387. The number of nitrogens with one attached hydrogen (secondary N) is 1. The molecular weight excluding hydrogens is 745 g/mol. The van der Waals surface area contributed by atoms with Crippen molar-refractivity contribution in [2.75, 3.05) is 27.7 Å². The number of cyclic esters (lactones) is 1. The van der Waals surface area contributed by atoms with Crippen LogP contribution in [0.2, 0.25) is 0 Å². The first-order valence-corrected chi connectivity index (χ1v) is 20.9. The summed E-state index contributed by atoms with van der Waals surface area (Å²) in [4.78, 5) is 52.3. The first-order chi connectivity index (χ1) is 27.4. The van der Waals surface area contributed by atoms with Crippen LogP contribution in [-0.2, 0) is 39.7 Å². The molecule has 2 bridgehead atoms. The molecule has 4 aliphatic heterocycles. The van der Waals surface area contributed by atoms with Crippen molar-refractivity contribution in [3.05, 3.63) is 42.4 Å². The smallest absolute Gasteiger partial charge is 0.431 e. The zero-order valence-corrected chi connectivity index (χ0v) is 36.0. The summed E-state index contributed by atoms with van der Waals surface area (Å²) in [6.45, 7) is 15.2. The summed E-state index contributed by atoms with van der Waals surface area (Å²) in [5.41, 5.74) is 0.360. The third-order valence-corrected chi connectivity index (χ3v) is 13.0. The molecule has 58 heavy (non-hydrogen) atoms. The number of hydrogen-bond donors (Lipinski definition) is 2. The van der Waals surface area contributed by atoms with E-state index in [-0.39, 0.29) is 24.0 Å². The number of aliphatic hydroxyl groups is 1. The molecule has 4 aliphatic rings. The fourth-order valence-corrected chi connectivity index (χ4v) is 9.76. The van der Waals surface area contributed by atoms with Gasteiger partial charge in [0.25, 0.3) is 0 Å². The molecule has 320 valence electrons. The largest absolute Gasteiger partial charge is 0.457 e. The van der Waals surface area contributed by atoms with Crippen molar-refractivity contribution in [3.63, 3.8) is 0 Å². The zero-order valence-electron chi connectivity index (χ0n) is 36.0. The molecule has 15 heteroatoms. The number of methoxy groups -OCH3 is 1. The number of nitrogens with zero attached hydrogens (tertiary/aromatic N) is 5. The third-order valence-electron chi connectivity index (χ3n) is 13.0. The minimum atomic E-state index is -1.27. The van der Waals surface area contributed by atoms with Gasteiger partial charge in [-0.25, -0.2) is 9.78 Å². The fraction of sp³-hybridized carbons (Fsp3) is 0.698. The van der Waals surface area contributed by atoms with E-state index in [0.717, 1.165) is 22.8 Å². The van der Waals surface area contributed by atoms with Gasteiger partial charge in [0.1, 0.15) is 30.0 Å². The number of hydrazine groups is 1. The SMILES string of the molecule is CC[C@H]1OC(=O)[C@@H](C)C(=O)[C@@H](C)[C@H](O[C@H]2O[C@@H](C)C[C@@H](N(C)C)[C@@H]2O)C(C)(OC)C[C@@H](C)C2=NN(CCCc3ncc(-c4ccccc4)[nH]3)N3C(=O)O[C@@]1(C)[C@H]3[C@@H]2C. The number of hydrogen-bond acceptors (Lipinski definition) is 13. The molecule has 15 nitrogen and oxygen atoms in total. The minimum Gasteiger partial charge on any atom is -0.457 e. The maximum absolute atomic E-state index is 14.4. The van der Waals surface area contributed by atoms with Gasteiger partial charge in [0.15, 0.2) is 17.7 Å². The van der Waals surface area contributed by atoms with Gasteiger partial charge >= 0.3 is 12.1 Å². The molecule has 1 unspecified atom stereocenters. The molecule has 0 spiro atoms. The Morgan fingerprint density at radius 1 is 1.05 bits per heavy atom. The van der Waals surface area contributed by atoms with E-state index in [2.05, 4.69) is 16.9 Å². The molecule has 5 heterocycles. The normalized spacial score (nSPS) is 37.4. The van der Waals surface area contributed by atoms with Gasteiger partial charge in [-0.1, -0.05) is 58.0 Å². The Balaban J connectivity index is 1.37. The summed E-state index contributed by atoms with van der Waals surface area (Å²) in [6, 6.07) is 9.16. The number of fused-ring (bicyclic) bond motifs is 1. The number of carbonyl (C=O) groups excluding carboxylic acids is 3. The molecule has 1 aromatic carbocycles. The highest BCUT2D eigenvalue weighted by Gasteiger charge is 2.63.